The van der Waals surface area contributed by atoms with Crippen molar-refractivity contribution in [2.24, 2.45) is 7.05 Å². The molecule has 0 bridgehead atoms. The molecule has 124 valence electrons. The Morgan fingerprint density at radius 2 is 2.17 bits per heavy atom. The monoisotopic (exact) mass is 317 g/mol. The number of carbonyl (C=O) groups excluding carboxylic acids is 1. The van der Waals surface area contributed by atoms with Crippen molar-refractivity contribution < 1.29 is 9.21 Å². The van der Waals surface area contributed by atoms with Crippen LogP contribution in [0.2, 0.25) is 0 Å². The number of hydrogen-bond acceptors (Lipinski definition) is 5. The Hall–Kier alpha value is -2.18. The Bertz CT molecular complexity index is 670. The van der Waals surface area contributed by atoms with Crippen LogP contribution in [-0.2, 0) is 24.7 Å². The van der Waals surface area contributed by atoms with E-state index in [0.717, 1.165) is 36.5 Å². The maximum atomic E-state index is 12.1. The van der Waals surface area contributed by atoms with Gasteiger partial charge in [-0.05, 0) is 19.3 Å². The van der Waals surface area contributed by atoms with Gasteiger partial charge < -0.3 is 9.73 Å². The number of nitrogens with one attached hydrogen (secondary N) is 1. The fourth-order valence-electron chi connectivity index (χ4n) is 3.04. The van der Waals surface area contributed by atoms with E-state index in [4.69, 9.17) is 4.42 Å². The molecule has 2 aromatic heterocycles. The van der Waals surface area contributed by atoms with Gasteiger partial charge in [0.25, 0.3) is 0 Å². The molecule has 0 saturated heterocycles. The number of nitrogens with zero attached hydrogens (tertiary/aromatic N) is 4. The molecule has 1 aliphatic rings. The zero-order valence-electron chi connectivity index (χ0n) is 13.7. The third-order valence-electron chi connectivity index (χ3n) is 4.27. The fourth-order valence-corrected chi connectivity index (χ4v) is 3.04. The van der Waals surface area contributed by atoms with Gasteiger partial charge in [-0.3, -0.25) is 9.48 Å². The molecule has 2 heterocycles. The average Bonchev–Trinajstić information content (AvgIpc) is 3.25. The lowest BCUT2D eigenvalue weighted by atomic mass is 10.1. The van der Waals surface area contributed by atoms with Crippen molar-refractivity contribution >= 4 is 11.6 Å². The Morgan fingerprint density at radius 3 is 2.91 bits per heavy atom. The molecule has 0 spiro atoms. The summed E-state index contributed by atoms with van der Waals surface area (Å²) in [6.07, 6.45) is 8.11. The van der Waals surface area contributed by atoms with Gasteiger partial charge in [0.2, 0.25) is 17.7 Å². The molecule has 23 heavy (non-hydrogen) atoms. The van der Waals surface area contributed by atoms with Crippen molar-refractivity contribution in [3.8, 4) is 0 Å². The van der Waals surface area contributed by atoms with Crippen molar-refractivity contribution in [3.63, 3.8) is 0 Å². The lowest BCUT2D eigenvalue weighted by molar-refractivity contribution is -0.116. The van der Waals surface area contributed by atoms with Crippen LogP contribution in [0, 0.1) is 0 Å². The number of rotatable bonds is 6. The number of aryl methyl sites for hydroxylation is 3. The van der Waals surface area contributed by atoms with Crippen molar-refractivity contribution in [2.45, 2.75) is 57.8 Å². The molecule has 2 aromatic rings. The van der Waals surface area contributed by atoms with Crippen LogP contribution in [0.3, 0.4) is 0 Å². The highest BCUT2D eigenvalue weighted by atomic mass is 16.4. The summed E-state index contributed by atoms with van der Waals surface area (Å²) in [5, 5.41) is 15.4. The predicted molar refractivity (Wildman–Crippen MR) is 85.0 cm³/mol. The lowest BCUT2D eigenvalue weighted by Crippen LogP contribution is -2.13. The normalized spacial score (nSPS) is 15.2. The third-order valence-corrected chi connectivity index (χ3v) is 4.27. The summed E-state index contributed by atoms with van der Waals surface area (Å²) >= 11 is 0. The maximum Gasteiger partial charge on any atom is 0.224 e. The van der Waals surface area contributed by atoms with Gasteiger partial charge in [0.15, 0.2) is 0 Å². The van der Waals surface area contributed by atoms with E-state index in [-0.39, 0.29) is 5.91 Å². The van der Waals surface area contributed by atoms with E-state index in [1.807, 2.05) is 20.2 Å². The maximum absolute atomic E-state index is 12.1. The van der Waals surface area contributed by atoms with Gasteiger partial charge >= 0.3 is 0 Å². The molecule has 7 nitrogen and oxygen atoms in total. The molecule has 0 atom stereocenters. The number of amides is 1. The van der Waals surface area contributed by atoms with Crippen LogP contribution >= 0.6 is 0 Å². The van der Waals surface area contributed by atoms with Crippen LogP contribution in [0.15, 0.2) is 10.6 Å². The van der Waals surface area contributed by atoms with Crippen molar-refractivity contribution in [3.05, 3.63) is 23.7 Å². The largest absolute Gasteiger partial charge is 0.425 e. The summed E-state index contributed by atoms with van der Waals surface area (Å²) in [6.45, 7) is 2.01. The van der Waals surface area contributed by atoms with E-state index in [1.54, 1.807) is 4.68 Å². The second-order valence-corrected chi connectivity index (χ2v) is 6.08. The van der Waals surface area contributed by atoms with Crippen LogP contribution in [0.1, 0.15) is 62.4 Å². The van der Waals surface area contributed by atoms with Gasteiger partial charge in [0.1, 0.15) is 0 Å². The summed E-state index contributed by atoms with van der Waals surface area (Å²) in [7, 11) is 1.85. The van der Waals surface area contributed by atoms with Crippen LogP contribution < -0.4 is 5.32 Å². The minimum atomic E-state index is -0.0617. The molecule has 0 aromatic carbocycles. The second-order valence-electron chi connectivity index (χ2n) is 6.08. The van der Waals surface area contributed by atoms with E-state index in [1.165, 1.54) is 12.8 Å². The van der Waals surface area contributed by atoms with E-state index in [9.17, 15) is 4.79 Å². The highest BCUT2D eigenvalue weighted by Gasteiger charge is 2.22. The minimum Gasteiger partial charge on any atom is -0.425 e. The van der Waals surface area contributed by atoms with Crippen LogP contribution in [-0.4, -0.2) is 25.9 Å². The van der Waals surface area contributed by atoms with Crippen LogP contribution in [0.4, 0.5) is 5.69 Å². The van der Waals surface area contributed by atoms with Crippen molar-refractivity contribution in [1.29, 1.82) is 0 Å². The first-order chi connectivity index (χ1) is 11.2. The highest BCUT2D eigenvalue weighted by molar-refractivity contribution is 5.91. The number of hydrogen-bond donors (Lipinski definition) is 1. The molecule has 1 aliphatic carbocycles. The van der Waals surface area contributed by atoms with Crippen LogP contribution in [0.5, 0.6) is 0 Å². The first-order valence-corrected chi connectivity index (χ1v) is 8.30. The Labute approximate surface area is 135 Å². The highest BCUT2D eigenvalue weighted by Crippen LogP contribution is 2.33. The average molecular weight is 317 g/mol. The second kappa shape index (κ2) is 6.93. The number of carbonyl (C=O) groups is 1. The molecule has 0 unspecified atom stereocenters. The molecule has 7 heteroatoms. The van der Waals surface area contributed by atoms with Crippen LogP contribution in [0.25, 0.3) is 0 Å². The summed E-state index contributed by atoms with van der Waals surface area (Å²) in [4.78, 5) is 12.1. The Kier molecular flexibility index (Phi) is 4.73. The summed E-state index contributed by atoms with van der Waals surface area (Å²) < 4.78 is 7.41. The van der Waals surface area contributed by atoms with E-state index in [2.05, 4.69) is 20.6 Å². The summed E-state index contributed by atoms with van der Waals surface area (Å²) in [6, 6.07) is 0. The number of aromatic nitrogens is 4. The number of anilines is 1. The molecule has 1 saturated carbocycles. The zero-order valence-corrected chi connectivity index (χ0v) is 13.7. The smallest absolute Gasteiger partial charge is 0.224 e. The fraction of sp³-hybridized carbons (Fsp3) is 0.625. The zero-order chi connectivity index (χ0) is 16.2. The van der Waals surface area contributed by atoms with Crippen molar-refractivity contribution in [2.75, 3.05) is 5.32 Å². The van der Waals surface area contributed by atoms with Gasteiger partial charge in [-0.15, -0.1) is 10.2 Å². The van der Waals surface area contributed by atoms with Gasteiger partial charge in [-0.2, -0.15) is 5.10 Å². The lowest BCUT2D eigenvalue weighted by Gasteiger charge is -2.03. The molecule has 3 rings (SSSR count). The standard InChI is InChI=1S/C16H23N5O2/c1-3-12-13(10-21(2)20-12)17-14(22)8-9-15-18-19-16(23-15)11-6-4-5-7-11/h10-11H,3-9H2,1-2H3,(H,17,22). The van der Waals surface area contributed by atoms with Gasteiger partial charge in [0, 0.05) is 32.0 Å². The topological polar surface area (TPSA) is 85.8 Å². The SMILES string of the molecule is CCc1nn(C)cc1NC(=O)CCc1nnc(C2CCCC2)o1. The molecule has 0 radical (unpaired) electrons. The summed E-state index contributed by atoms with van der Waals surface area (Å²) in [5.74, 6) is 1.63. The Balaban J connectivity index is 1.52. The summed E-state index contributed by atoms with van der Waals surface area (Å²) in [5.41, 5.74) is 1.67. The Morgan fingerprint density at radius 1 is 1.39 bits per heavy atom. The third kappa shape index (κ3) is 3.78. The predicted octanol–water partition coefficient (Wildman–Crippen LogP) is 2.59. The molecular weight excluding hydrogens is 294 g/mol. The van der Waals surface area contributed by atoms with Gasteiger partial charge in [-0.1, -0.05) is 19.8 Å². The van der Waals surface area contributed by atoms with E-state index >= 15 is 0 Å². The van der Waals surface area contributed by atoms with E-state index < -0.39 is 0 Å². The molecule has 1 fully saturated rings. The van der Waals surface area contributed by atoms with Crippen molar-refractivity contribution in [1.82, 2.24) is 20.0 Å². The first-order valence-electron chi connectivity index (χ1n) is 8.30. The minimum absolute atomic E-state index is 0.0617. The van der Waals surface area contributed by atoms with Gasteiger partial charge in [0.05, 0.1) is 11.4 Å². The van der Waals surface area contributed by atoms with E-state index in [0.29, 0.717) is 24.7 Å². The quantitative estimate of drug-likeness (QED) is 0.885. The molecule has 1 amide bonds. The molecule has 1 N–H and O–H groups in total. The first kappa shape index (κ1) is 15.7. The molecule has 0 aliphatic heterocycles. The molecular formula is C16H23N5O2. The van der Waals surface area contributed by atoms with Gasteiger partial charge in [-0.25, -0.2) is 0 Å².